The Hall–Kier alpha value is -1.62. The molecule has 4 heteroatoms. The summed E-state index contributed by atoms with van der Waals surface area (Å²) in [5.41, 5.74) is 0. The van der Waals surface area contributed by atoms with Crippen molar-refractivity contribution in [2.45, 2.75) is 58.1 Å². The van der Waals surface area contributed by atoms with E-state index in [1.807, 2.05) is 24.3 Å². The van der Waals surface area contributed by atoms with Crippen molar-refractivity contribution in [3.05, 3.63) is 42.5 Å². The van der Waals surface area contributed by atoms with Crippen LogP contribution in [0, 0.1) is 5.92 Å². The molecule has 1 aliphatic rings. The number of piperazine rings is 1. The van der Waals surface area contributed by atoms with Gasteiger partial charge in [-0.1, -0.05) is 69.5 Å². The molecule has 2 aromatic rings. The fourth-order valence-corrected chi connectivity index (χ4v) is 4.66. The molecule has 0 saturated carbocycles. The van der Waals surface area contributed by atoms with Gasteiger partial charge < -0.3 is 15.2 Å². The van der Waals surface area contributed by atoms with Crippen molar-refractivity contribution in [1.82, 2.24) is 10.2 Å². The molecule has 2 aromatic carbocycles. The molecule has 2 N–H and O–H groups in total. The van der Waals surface area contributed by atoms with Crippen molar-refractivity contribution >= 4 is 10.8 Å². The molecule has 160 valence electrons. The largest absolute Gasteiger partial charge is 0.490 e. The van der Waals surface area contributed by atoms with Crippen LogP contribution in [0.2, 0.25) is 0 Å². The minimum absolute atomic E-state index is 0.331. The molecule has 0 amide bonds. The number of aliphatic hydroxyl groups is 1. The van der Waals surface area contributed by atoms with E-state index in [0.29, 0.717) is 25.1 Å². The first-order valence-electron chi connectivity index (χ1n) is 11.5. The highest BCUT2D eigenvalue weighted by Crippen LogP contribution is 2.26. The second-order valence-corrected chi connectivity index (χ2v) is 8.40. The van der Waals surface area contributed by atoms with E-state index in [-0.39, 0.29) is 0 Å². The molecule has 0 aromatic heterocycles. The molecule has 4 nitrogen and oxygen atoms in total. The van der Waals surface area contributed by atoms with Gasteiger partial charge >= 0.3 is 0 Å². The van der Waals surface area contributed by atoms with Crippen molar-refractivity contribution in [1.29, 1.82) is 0 Å². The van der Waals surface area contributed by atoms with Crippen LogP contribution < -0.4 is 10.1 Å². The van der Waals surface area contributed by atoms with Gasteiger partial charge in [0.15, 0.2) is 0 Å². The van der Waals surface area contributed by atoms with E-state index < -0.39 is 6.10 Å². The molecule has 3 rings (SSSR count). The highest BCUT2D eigenvalue weighted by Gasteiger charge is 2.30. The van der Waals surface area contributed by atoms with E-state index in [1.165, 1.54) is 37.5 Å². The van der Waals surface area contributed by atoms with Gasteiger partial charge in [-0.05, 0) is 30.2 Å². The van der Waals surface area contributed by atoms with Crippen LogP contribution in [0.15, 0.2) is 42.5 Å². The number of benzene rings is 2. The second kappa shape index (κ2) is 11.5. The predicted octanol–water partition coefficient (Wildman–Crippen LogP) is 4.46. The Labute approximate surface area is 176 Å². The quantitative estimate of drug-likeness (QED) is 0.587. The molecule has 3 atom stereocenters. The van der Waals surface area contributed by atoms with E-state index in [4.69, 9.17) is 4.74 Å². The minimum atomic E-state index is -0.483. The Bertz CT molecular complexity index is 730. The summed E-state index contributed by atoms with van der Waals surface area (Å²) in [4.78, 5) is 2.50. The van der Waals surface area contributed by atoms with E-state index >= 15 is 0 Å². The minimum Gasteiger partial charge on any atom is -0.490 e. The second-order valence-electron chi connectivity index (χ2n) is 8.40. The molecular weight excluding hydrogens is 360 g/mol. The number of rotatable bonds is 11. The lowest BCUT2D eigenvalue weighted by Gasteiger charge is -2.42. The van der Waals surface area contributed by atoms with Gasteiger partial charge in [0.1, 0.15) is 18.5 Å². The first-order valence-corrected chi connectivity index (χ1v) is 11.5. The molecule has 1 fully saturated rings. The summed E-state index contributed by atoms with van der Waals surface area (Å²) in [6.45, 7) is 8.61. The van der Waals surface area contributed by atoms with Crippen LogP contribution >= 0.6 is 0 Å². The number of nitrogens with one attached hydrogen (secondary N) is 1. The number of hydrogen-bond acceptors (Lipinski definition) is 4. The van der Waals surface area contributed by atoms with Gasteiger partial charge in [0.05, 0.1) is 0 Å². The van der Waals surface area contributed by atoms with Crippen LogP contribution in [0.1, 0.15) is 46.0 Å². The normalized spacial score (nSPS) is 19.9. The SMILES string of the molecule is CCCCC(CCC)C1CNCCN1CC(O)COc1cccc2ccccc12. The van der Waals surface area contributed by atoms with Crippen molar-refractivity contribution in [3.8, 4) is 5.75 Å². The lowest BCUT2D eigenvalue weighted by atomic mass is 9.87. The van der Waals surface area contributed by atoms with Crippen molar-refractivity contribution in [2.75, 3.05) is 32.8 Å². The molecule has 3 unspecified atom stereocenters. The van der Waals surface area contributed by atoms with E-state index in [1.54, 1.807) is 0 Å². The van der Waals surface area contributed by atoms with Crippen molar-refractivity contribution < 1.29 is 9.84 Å². The monoisotopic (exact) mass is 398 g/mol. The van der Waals surface area contributed by atoms with Gasteiger partial charge in [0, 0.05) is 37.6 Å². The van der Waals surface area contributed by atoms with Gasteiger partial charge in [0.25, 0.3) is 0 Å². The van der Waals surface area contributed by atoms with Crippen molar-refractivity contribution in [3.63, 3.8) is 0 Å². The maximum absolute atomic E-state index is 10.8. The van der Waals surface area contributed by atoms with Crippen LogP contribution in [0.25, 0.3) is 10.8 Å². The Kier molecular flexibility index (Phi) is 8.78. The maximum atomic E-state index is 10.8. The molecule has 29 heavy (non-hydrogen) atoms. The Morgan fingerprint density at radius 2 is 1.93 bits per heavy atom. The lowest BCUT2D eigenvalue weighted by molar-refractivity contribution is 0.0257. The molecule has 0 radical (unpaired) electrons. The van der Waals surface area contributed by atoms with Crippen LogP contribution in [-0.2, 0) is 0 Å². The summed E-state index contributed by atoms with van der Waals surface area (Å²) in [7, 11) is 0. The number of ether oxygens (including phenoxy) is 1. The van der Waals surface area contributed by atoms with Gasteiger partial charge in [-0.3, -0.25) is 4.90 Å². The highest BCUT2D eigenvalue weighted by atomic mass is 16.5. The predicted molar refractivity (Wildman–Crippen MR) is 122 cm³/mol. The third-order valence-electron chi connectivity index (χ3n) is 6.16. The summed E-state index contributed by atoms with van der Waals surface area (Å²) >= 11 is 0. The molecule has 0 aliphatic carbocycles. The standard InChI is InChI=1S/C25H38N2O2/c1-3-5-10-21(9-4-2)24-17-26-15-16-27(24)18-22(28)19-29-25-14-8-12-20-11-6-7-13-23(20)25/h6-8,11-14,21-22,24,26,28H,3-5,9-10,15-19H2,1-2H3. The third-order valence-corrected chi connectivity index (χ3v) is 6.16. The zero-order valence-corrected chi connectivity index (χ0v) is 18.1. The molecule has 1 aliphatic heterocycles. The molecule has 0 spiro atoms. The van der Waals surface area contributed by atoms with Crippen molar-refractivity contribution in [2.24, 2.45) is 5.92 Å². The maximum Gasteiger partial charge on any atom is 0.127 e. The van der Waals surface area contributed by atoms with Gasteiger partial charge in [-0.15, -0.1) is 0 Å². The molecule has 1 saturated heterocycles. The highest BCUT2D eigenvalue weighted by molar-refractivity contribution is 5.88. The lowest BCUT2D eigenvalue weighted by Crippen LogP contribution is -2.56. The fourth-order valence-electron chi connectivity index (χ4n) is 4.66. The Balaban J connectivity index is 1.59. The molecular formula is C25H38N2O2. The Morgan fingerprint density at radius 3 is 2.76 bits per heavy atom. The summed E-state index contributed by atoms with van der Waals surface area (Å²) in [6.07, 6.45) is 5.85. The number of aliphatic hydroxyl groups excluding tert-OH is 1. The van der Waals surface area contributed by atoms with Gasteiger partial charge in [-0.25, -0.2) is 0 Å². The smallest absolute Gasteiger partial charge is 0.127 e. The van der Waals surface area contributed by atoms with Crippen LogP contribution in [-0.4, -0.2) is 54.9 Å². The van der Waals surface area contributed by atoms with Crippen LogP contribution in [0.5, 0.6) is 5.75 Å². The summed E-state index contributed by atoms with van der Waals surface area (Å²) in [5.74, 6) is 1.56. The van der Waals surface area contributed by atoms with Gasteiger partial charge in [0.2, 0.25) is 0 Å². The number of nitrogens with zero attached hydrogens (tertiary/aromatic N) is 1. The first-order chi connectivity index (χ1) is 14.2. The zero-order valence-electron chi connectivity index (χ0n) is 18.1. The van der Waals surface area contributed by atoms with E-state index in [9.17, 15) is 5.11 Å². The van der Waals surface area contributed by atoms with E-state index in [0.717, 1.165) is 30.8 Å². The average Bonchev–Trinajstić information content (AvgIpc) is 2.75. The summed E-state index contributed by atoms with van der Waals surface area (Å²) < 4.78 is 6.04. The van der Waals surface area contributed by atoms with E-state index in [2.05, 4.69) is 42.3 Å². The number of hydrogen-bond donors (Lipinski definition) is 2. The molecule has 1 heterocycles. The van der Waals surface area contributed by atoms with Crippen LogP contribution in [0.4, 0.5) is 0 Å². The Morgan fingerprint density at radius 1 is 1.10 bits per heavy atom. The van der Waals surface area contributed by atoms with Crippen LogP contribution in [0.3, 0.4) is 0 Å². The fraction of sp³-hybridized carbons (Fsp3) is 0.600. The zero-order chi connectivity index (χ0) is 20.5. The summed E-state index contributed by atoms with van der Waals surface area (Å²) in [5, 5.41) is 16.6. The van der Waals surface area contributed by atoms with Gasteiger partial charge in [-0.2, -0.15) is 0 Å². The first kappa shape index (κ1) is 22.1. The third kappa shape index (κ3) is 6.18. The molecule has 0 bridgehead atoms. The average molecular weight is 399 g/mol. The number of unbranched alkanes of at least 4 members (excludes halogenated alkanes) is 1. The topological polar surface area (TPSA) is 44.7 Å². The summed E-state index contributed by atoms with van der Waals surface area (Å²) in [6, 6.07) is 14.8. The number of fused-ring (bicyclic) bond motifs is 1. The number of β-amino-alcohol motifs (C(OH)–C–C–N with tert-alkyl or cyclic N) is 1.